The van der Waals surface area contributed by atoms with Gasteiger partial charge in [-0.05, 0) is 39.3 Å². The number of nitrogens with one attached hydrogen (secondary N) is 1. The molecule has 3 aromatic heterocycles. The van der Waals surface area contributed by atoms with E-state index in [9.17, 15) is 0 Å². The van der Waals surface area contributed by atoms with Crippen LogP contribution in [0.4, 0.5) is 5.82 Å². The molecule has 0 saturated carbocycles. The van der Waals surface area contributed by atoms with Gasteiger partial charge in [0.1, 0.15) is 17.1 Å². The molecule has 0 amide bonds. The van der Waals surface area contributed by atoms with E-state index in [-0.39, 0.29) is 12.3 Å². The monoisotopic (exact) mass is 424 g/mol. The van der Waals surface area contributed by atoms with Gasteiger partial charge in [-0.3, -0.25) is 0 Å². The van der Waals surface area contributed by atoms with E-state index in [1.54, 1.807) is 31.8 Å². The van der Waals surface area contributed by atoms with Crippen molar-refractivity contribution in [3.63, 3.8) is 0 Å². The Balaban J connectivity index is 1.53. The molecule has 4 rings (SSSR count). The molecule has 0 radical (unpaired) electrons. The molecule has 0 aromatic carbocycles. The number of methoxy groups -OCH3 is 1. The lowest BCUT2D eigenvalue weighted by Crippen LogP contribution is -2.45. The lowest BCUT2D eigenvalue weighted by molar-refractivity contribution is 0.0513. The summed E-state index contributed by atoms with van der Waals surface area (Å²) < 4.78 is 10.8. The number of hydrogen-bond acceptors (Lipinski definition) is 9. The van der Waals surface area contributed by atoms with E-state index in [0.29, 0.717) is 28.9 Å². The predicted molar refractivity (Wildman–Crippen MR) is 116 cm³/mol. The van der Waals surface area contributed by atoms with Crippen molar-refractivity contribution in [1.82, 2.24) is 35.5 Å². The highest BCUT2D eigenvalue weighted by atomic mass is 16.7. The Hall–Kier alpha value is -3.11. The molecule has 0 bridgehead atoms. The fourth-order valence-electron chi connectivity index (χ4n) is 3.64. The molecule has 4 heterocycles. The van der Waals surface area contributed by atoms with Crippen molar-refractivity contribution >= 4 is 5.82 Å². The van der Waals surface area contributed by atoms with Gasteiger partial charge in [-0.2, -0.15) is 10.2 Å². The van der Waals surface area contributed by atoms with Gasteiger partial charge in [-0.25, -0.2) is 4.98 Å². The van der Waals surface area contributed by atoms with Crippen molar-refractivity contribution in [2.75, 3.05) is 31.9 Å². The Morgan fingerprint density at radius 2 is 1.97 bits per heavy atom. The first-order valence-corrected chi connectivity index (χ1v) is 10.3. The zero-order valence-electron chi connectivity index (χ0n) is 18.3. The van der Waals surface area contributed by atoms with E-state index in [2.05, 4.69) is 56.4 Å². The number of ether oxygens (including phenoxy) is 2. The summed E-state index contributed by atoms with van der Waals surface area (Å²) in [5.41, 5.74) is 1.98. The van der Waals surface area contributed by atoms with Gasteiger partial charge in [0.25, 0.3) is 0 Å². The first-order chi connectivity index (χ1) is 14.9. The van der Waals surface area contributed by atoms with Gasteiger partial charge in [-0.15, -0.1) is 15.0 Å². The highest BCUT2D eigenvalue weighted by Crippen LogP contribution is 2.29. The van der Waals surface area contributed by atoms with E-state index in [4.69, 9.17) is 9.47 Å². The second-order valence-corrected chi connectivity index (χ2v) is 8.51. The third-order valence-corrected chi connectivity index (χ3v) is 4.86. The maximum Gasteiger partial charge on any atom is 0.188 e. The zero-order chi connectivity index (χ0) is 21.8. The number of anilines is 1. The maximum atomic E-state index is 5.73. The van der Waals surface area contributed by atoms with Crippen LogP contribution in [0.2, 0.25) is 0 Å². The Kier molecular flexibility index (Phi) is 6.10. The van der Waals surface area contributed by atoms with Crippen molar-refractivity contribution < 1.29 is 9.47 Å². The van der Waals surface area contributed by atoms with Gasteiger partial charge in [0, 0.05) is 37.8 Å². The fraction of sp³-hybridized carbons (Fsp3) is 0.476. The summed E-state index contributed by atoms with van der Waals surface area (Å²) in [5, 5.41) is 20.8. The molecule has 1 aliphatic heterocycles. The van der Waals surface area contributed by atoms with Gasteiger partial charge in [0.15, 0.2) is 18.4 Å². The van der Waals surface area contributed by atoms with Gasteiger partial charge < -0.3 is 19.7 Å². The van der Waals surface area contributed by atoms with E-state index in [1.165, 1.54) is 4.80 Å². The molecule has 1 fully saturated rings. The van der Waals surface area contributed by atoms with E-state index in [1.807, 2.05) is 12.1 Å². The molecule has 1 N–H and O–H groups in total. The maximum absolute atomic E-state index is 5.73. The molecule has 0 aliphatic carbocycles. The fourth-order valence-corrected chi connectivity index (χ4v) is 3.64. The van der Waals surface area contributed by atoms with Crippen LogP contribution in [0.25, 0.3) is 17.1 Å². The Morgan fingerprint density at radius 3 is 2.65 bits per heavy atom. The average molecular weight is 425 g/mol. The van der Waals surface area contributed by atoms with Crippen LogP contribution in [0.3, 0.4) is 0 Å². The van der Waals surface area contributed by atoms with Gasteiger partial charge in [-0.1, -0.05) is 0 Å². The van der Waals surface area contributed by atoms with Crippen LogP contribution in [0.15, 0.2) is 36.8 Å². The number of nitrogens with zero attached hydrogens (tertiary/aromatic N) is 7. The first-order valence-electron chi connectivity index (χ1n) is 10.3. The van der Waals surface area contributed by atoms with Crippen molar-refractivity contribution in [2.45, 2.75) is 38.8 Å². The summed E-state index contributed by atoms with van der Waals surface area (Å²) in [5.74, 6) is 1.38. The van der Waals surface area contributed by atoms with Crippen molar-refractivity contribution in [1.29, 1.82) is 0 Å². The molecular weight excluding hydrogens is 396 g/mol. The SMILES string of the molecule is COCOc1cc(-n2nccn2)cnc1-c1ccc(N2CC[C@@H](NC(C)(C)C)C2)nn1. The number of rotatable bonds is 7. The lowest BCUT2D eigenvalue weighted by Gasteiger charge is -2.26. The Morgan fingerprint density at radius 1 is 1.16 bits per heavy atom. The predicted octanol–water partition coefficient (Wildman–Crippen LogP) is 2.07. The summed E-state index contributed by atoms with van der Waals surface area (Å²) >= 11 is 0. The van der Waals surface area contributed by atoms with Crippen molar-refractivity contribution in [3.05, 3.63) is 36.8 Å². The summed E-state index contributed by atoms with van der Waals surface area (Å²) in [6, 6.07) is 6.15. The number of hydrogen-bond donors (Lipinski definition) is 1. The normalized spacial score (nSPS) is 16.6. The molecule has 0 unspecified atom stereocenters. The second kappa shape index (κ2) is 8.94. The quantitative estimate of drug-likeness (QED) is 0.571. The van der Waals surface area contributed by atoms with Crippen LogP contribution in [-0.4, -0.2) is 68.7 Å². The Labute approximate surface area is 181 Å². The summed E-state index contributed by atoms with van der Waals surface area (Å²) in [6.07, 6.45) is 5.97. The van der Waals surface area contributed by atoms with Gasteiger partial charge in [0.2, 0.25) is 0 Å². The third-order valence-electron chi connectivity index (χ3n) is 4.86. The van der Waals surface area contributed by atoms with Gasteiger partial charge in [0.05, 0.1) is 18.6 Å². The molecule has 31 heavy (non-hydrogen) atoms. The van der Waals surface area contributed by atoms with E-state index >= 15 is 0 Å². The molecule has 1 atom stereocenters. The van der Waals surface area contributed by atoms with Crippen LogP contribution >= 0.6 is 0 Å². The minimum Gasteiger partial charge on any atom is -0.465 e. The number of aromatic nitrogens is 6. The van der Waals surface area contributed by atoms with Crippen LogP contribution in [0, 0.1) is 0 Å². The zero-order valence-corrected chi connectivity index (χ0v) is 18.3. The lowest BCUT2D eigenvalue weighted by atomic mass is 10.1. The minimum absolute atomic E-state index is 0.0894. The summed E-state index contributed by atoms with van der Waals surface area (Å²) in [4.78, 5) is 8.26. The highest BCUT2D eigenvalue weighted by Gasteiger charge is 2.27. The largest absolute Gasteiger partial charge is 0.465 e. The summed E-state index contributed by atoms with van der Waals surface area (Å²) in [7, 11) is 1.57. The second-order valence-electron chi connectivity index (χ2n) is 8.51. The topological polar surface area (TPSA) is 103 Å². The van der Waals surface area contributed by atoms with Crippen LogP contribution < -0.4 is 15.0 Å². The minimum atomic E-state index is 0.0894. The smallest absolute Gasteiger partial charge is 0.188 e. The molecule has 3 aromatic rings. The summed E-state index contributed by atoms with van der Waals surface area (Å²) in [6.45, 7) is 8.52. The first kappa shape index (κ1) is 21.1. The number of pyridine rings is 1. The van der Waals surface area contributed by atoms with Crippen molar-refractivity contribution in [2.24, 2.45) is 0 Å². The molecule has 164 valence electrons. The van der Waals surface area contributed by atoms with E-state index < -0.39 is 0 Å². The molecular formula is C21H28N8O2. The van der Waals surface area contributed by atoms with Gasteiger partial charge >= 0.3 is 0 Å². The van der Waals surface area contributed by atoms with Crippen LogP contribution in [0.5, 0.6) is 5.75 Å². The third kappa shape index (κ3) is 5.15. The van der Waals surface area contributed by atoms with Crippen molar-refractivity contribution in [3.8, 4) is 22.8 Å². The molecule has 1 saturated heterocycles. The Bertz CT molecular complexity index is 986. The van der Waals surface area contributed by atoms with E-state index in [0.717, 1.165) is 25.3 Å². The molecule has 0 spiro atoms. The molecule has 10 heteroatoms. The standard InChI is InChI=1S/C21H28N8O2/c1-21(2,3)25-15-7-10-28(13-15)19-6-5-17(26-27-19)20-18(31-14-30-4)11-16(12-22-20)29-23-8-9-24-29/h5-6,8-9,11-12,15,25H,7,10,13-14H2,1-4H3/t15-/m1/s1. The highest BCUT2D eigenvalue weighted by molar-refractivity contribution is 5.64. The molecule has 10 nitrogen and oxygen atoms in total. The van der Waals surface area contributed by atoms with Crippen LogP contribution in [-0.2, 0) is 4.74 Å². The molecule has 1 aliphatic rings. The van der Waals surface area contributed by atoms with Crippen LogP contribution in [0.1, 0.15) is 27.2 Å². The average Bonchev–Trinajstić information content (AvgIpc) is 3.43.